The first-order valence-electron chi connectivity index (χ1n) is 8.49. The number of nitrogens with two attached hydrogens (primary N) is 1. The van der Waals surface area contributed by atoms with Gasteiger partial charge in [-0.2, -0.15) is 0 Å². The van der Waals surface area contributed by atoms with Crippen molar-refractivity contribution in [2.24, 2.45) is 11.7 Å². The van der Waals surface area contributed by atoms with E-state index in [1.165, 1.54) is 12.1 Å². The fourth-order valence-electron chi connectivity index (χ4n) is 3.59. The van der Waals surface area contributed by atoms with Gasteiger partial charge in [-0.25, -0.2) is 4.39 Å². The average Bonchev–Trinajstić information content (AvgIpc) is 3.04. The molecule has 0 heterocycles. The Labute approximate surface area is 152 Å². The number of halogens is 2. The van der Waals surface area contributed by atoms with Crippen molar-refractivity contribution in [3.8, 4) is 0 Å². The van der Waals surface area contributed by atoms with E-state index in [-0.39, 0.29) is 29.7 Å². The number of amides is 1. The summed E-state index contributed by atoms with van der Waals surface area (Å²) in [5.41, 5.74) is 7.77. The third kappa shape index (κ3) is 4.02. The zero-order valence-electron chi connectivity index (χ0n) is 14.2. The molecule has 2 aromatic rings. The molecule has 2 N–H and O–H groups in total. The number of hydrogen-bond acceptors (Lipinski definition) is 2. The van der Waals surface area contributed by atoms with Crippen LogP contribution in [-0.2, 0) is 4.79 Å². The van der Waals surface area contributed by atoms with Crippen LogP contribution in [0.5, 0.6) is 0 Å². The summed E-state index contributed by atoms with van der Waals surface area (Å²) >= 11 is 6.00. The number of rotatable bonds is 4. The first kappa shape index (κ1) is 17.9. The Bertz CT molecular complexity index is 687. The predicted octanol–water partition coefficient (Wildman–Crippen LogP) is 4.15. The van der Waals surface area contributed by atoms with Gasteiger partial charge in [-0.05, 0) is 54.7 Å². The second-order valence-corrected chi connectivity index (χ2v) is 7.16. The van der Waals surface area contributed by atoms with Gasteiger partial charge in [0.1, 0.15) is 5.82 Å². The lowest BCUT2D eigenvalue weighted by atomic mass is 9.95. The van der Waals surface area contributed by atoms with Crippen molar-refractivity contribution >= 4 is 17.5 Å². The Balaban J connectivity index is 1.93. The molecule has 3 atom stereocenters. The van der Waals surface area contributed by atoms with Crippen LogP contribution in [0.15, 0.2) is 48.5 Å². The van der Waals surface area contributed by atoms with Gasteiger partial charge in [0.25, 0.3) is 0 Å². The number of hydrogen-bond donors (Lipinski definition) is 1. The number of carbonyl (C=O) groups excluding carboxylic acids is 1. The van der Waals surface area contributed by atoms with Gasteiger partial charge in [0.15, 0.2) is 0 Å². The van der Waals surface area contributed by atoms with E-state index < -0.39 is 0 Å². The van der Waals surface area contributed by atoms with Crippen molar-refractivity contribution < 1.29 is 9.18 Å². The second-order valence-electron chi connectivity index (χ2n) is 6.72. The van der Waals surface area contributed by atoms with Crippen molar-refractivity contribution in [1.82, 2.24) is 4.90 Å². The quantitative estimate of drug-likeness (QED) is 0.890. The molecule has 3 rings (SSSR count). The van der Waals surface area contributed by atoms with Gasteiger partial charge in [0.05, 0.1) is 6.04 Å². The van der Waals surface area contributed by atoms with Crippen molar-refractivity contribution in [2.75, 3.05) is 7.05 Å². The van der Waals surface area contributed by atoms with Crippen molar-refractivity contribution in [3.05, 3.63) is 70.5 Å². The molecule has 0 spiro atoms. The minimum atomic E-state index is -0.297. The highest BCUT2D eigenvalue weighted by molar-refractivity contribution is 6.30. The zero-order chi connectivity index (χ0) is 18.0. The minimum Gasteiger partial charge on any atom is -0.334 e. The standard InChI is InChI=1S/C20H22ClFN2O/c1-24(20(25)15-6-11-18(23)12-15)19(13-2-7-16(21)8-3-13)14-4-9-17(22)10-5-14/h2-5,7-10,15,18-19H,6,11-12,23H2,1H3. The van der Waals surface area contributed by atoms with Crippen molar-refractivity contribution in [2.45, 2.75) is 31.3 Å². The van der Waals surface area contributed by atoms with E-state index >= 15 is 0 Å². The molecule has 25 heavy (non-hydrogen) atoms. The Morgan fingerprint density at radius 1 is 1.12 bits per heavy atom. The molecule has 132 valence electrons. The molecule has 1 aliphatic rings. The van der Waals surface area contributed by atoms with Crippen LogP contribution < -0.4 is 5.73 Å². The van der Waals surface area contributed by atoms with Crippen LogP contribution in [0.2, 0.25) is 5.02 Å². The highest BCUT2D eigenvalue weighted by Gasteiger charge is 2.33. The third-order valence-electron chi connectivity index (χ3n) is 4.93. The molecule has 0 aliphatic heterocycles. The highest BCUT2D eigenvalue weighted by Crippen LogP contribution is 2.33. The van der Waals surface area contributed by atoms with Crippen molar-refractivity contribution in [3.63, 3.8) is 0 Å². The smallest absolute Gasteiger partial charge is 0.226 e. The van der Waals surface area contributed by atoms with Crippen LogP contribution in [-0.4, -0.2) is 23.9 Å². The first-order valence-corrected chi connectivity index (χ1v) is 8.86. The van der Waals surface area contributed by atoms with Crippen LogP contribution >= 0.6 is 11.6 Å². The predicted molar refractivity (Wildman–Crippen MR) is 97.8 cm³/mol. The van der Waals surface area contributed by atoms with Gasteiger partial charge in [-0.3, -0.25) is 4.79 Å². The van der Waals surface area contributed by atoms with Gasteiger partial charge in [-0.1, -0.05) is 35.9 Å². The highest BCUT2D eigenvalue weighted by atomic mass is 35.5. The maximum atomic E-state index is 13.3. The molecule has 1 aliphatic carbocycles. The van der Waals surface area contributed by atoms with Crippen LogP contribution in [0.4, 0.5) is 4.39 Å². The lowest BCUT2D eigenvalue weighted by Crippen LogP contribution is -2.36. The van der Waals surface area contributed by atoms with Gasteiger partial charge in [0, 0.05) is 24.0 Å². The van der Waals surface area contributed by atoms with Gasteiger partial charge in [0.2, 0.25) is 5.91 Å². The number of nitrogens with zero attached hydrogens (tertiary/aromatic N) is 1. The van der Waals surface area contributed by atoms with E-state index in [0.29, 0.717) is 5.02 Å². The Hall–Kier alpha value is -1.91. The minimum absolute atomic E-state index is 0.0461. The van der Waals surface area contributed by atoms with E-state index in [0.717, 1.165) is 30.4 Å². The summed E-state index contributed by atoms with van der Waals surface area (Å²) in [7, 11) is 1.80. The number of carbonyl (C=O) groups is 1. The summed E-state index contributed by atoms with van der Waals surface area (Å²) in [5, 5.41) is 0.636. The van der Waals surface area contributed by atoms with Crippen LogP contribution in [0.1, 0.15) is 36.4 Å². The zero-order valence-corrected chi connectivity index (χ0v) is 14.9. The molecule has 1 amide bonds. The molecule has 3 unspecified atom stereocenters. The summed E-state index contributed by atoms with van der Waals surface area (Å²) in [5.74, 6) is -0.262. The maximum Gasteiger partial charge on any atom is 0.226 e. The summed E-state index contributed by atoms with van der Waals surface area (Å²) in [4.78, 5) is 14.7. The molecule has 2 aromatic carbocycles. The molecular weight excluding hydrogens is 339 g/mol. The van der Waals surface area contributed by atoms with Gasteiger partial charge >= 0.3 is 0 Å². The Kier molecular flexibility index (Phi) is 5.40. The maximum absolute atomic E-state index is 13.3. The normalized spacial score (nSPS) is 21.1. The molecule has 0 aromatic heterocycles. The van der Waals surface area contributed by atoms with Crippen molar-refractivity contribution in [1.29, 1.82) is 0 Å². The van der Waals surface area contributed by atoms with E-state index in [4.69, 9.17) is 17.3 Å². The molecule has 0 saturated heterocycles. The van der Waals surface area contributed by atoms with Crippen LogP contribution in [0, 0.1) is 11.7 Å². The average molecular weight is 361 g/mol. The lowest BCUT2D eigenvalue weighted by molar-refractivity contribution is -0.135. The summed E-state index contributed by atoms with van der Waals surface area (Å²) < 4.78 is 13.3. The topological polar surface area (TPSA) is 46.3 Å². The molecule has 0 bridgehead atoms. The van der Waals surface area contributed by atoms with E-state index in [2.05, 4.69) is 0 Å². The second kappa shape index (κ2) is 7.54. The fraction of sp³-hybridized carbons (Fsp3) is 0.350. The van der Waals surface area contributed by atoms with Gasteiger partial charge < -0.3 is 10.6 Å². The Morgan fingerprint density at radius 2 is 1.68 bits per heavy atom. The van der Waals surface area contributed by atoms with E-state index in [1.54, 1.807) is 36.2 Å². The summed E-state index contributed by atoms with van der Waals surface area (Å²) in [6.45, 7) is 0. The lowest BCUT2D eigenvalue weighted by Gasteiger charge is -2.31. The first-order chi connectivity index (χ1) is 12.0. The molecule has 3 nitrogen and oxygen atoms in total. The molecular formula is C20H22ClFN2O. The third-order valence-corrected chi connectivity index (χ3v) is 5.18. The molecule has 1 saturated carbocycles. The van der Waals surface area contributed by atoms with Crippen LogP contribution in [0.25, 0.3) is 0 Å². The SMILES string of the molecule is CN(C(=O)C1CCC(N)C1)C(c1ccc(F)cc1)c1ccc(Cl)cc1. The number of benzene rings is 2. The molecule has 5 heteroatoms. The monoisotopic (exact) mass is 360 g/mol. The van der Waals surface area contributed by atoms with Gasteiger partial charge in [-0.15, -0.1) is 0 Å². The van der Waals surface area contributed by atoms with Crippen LogP contribution in [0.3, 0.4) is 0 Å². The Morgan fingerprint density at radius 3 is 2.20 bits per heavy atom. The summed E-state index contributed by atoms with van der Waals surface area (Å²) in [6, 6.07) is 13.5. The van der Waals surface area contributed by atoms with E-state index in [9.17, 15) is 9.18 Å². The largest absolute Gasteiger partial charge is 0.334 e. The molecule has 0 radical (unpaired) electrons. The van der Waals surface area contributed by atoms with E-state index in [1.807, 2.05) is 12.1 Å². The fourth-order valence-corrected chi connectivity index (χ4v) is 3.71. The molecule has 1 fully saturated rings. The summed E-state index contributed by atoms with van der Waals surface area (Å²) in [6.07, 6.45) is 2.42.